The van der Waals surface area contributed by atoms with Gasteiger partial charge in [-0.2, -0.15) is 0 Å². The molecule has 2 saturated heterocycles. The Hall–Kier alpha value is -0.810. The van der Waals surface area contributed by atoms with E-state index in [0.29, 0.717) is 13.1 Å². The number of amides is 2. The van der Waals surface area contributed by atoms with Crippen molar-refractivity contribution in [1.29, 1.82) is 0 Å². The number of likely N-dealkylation sites (tertiary alicyclic amines) is 1. The van der Waals surface area contributed by atoms with Gasteiger partial charge in [0, 0.05) is 19.6 Å². The molecule has 2 amide bonds. The standard InChI is InChI=1S/C17H33N3O2/c1-14-6-10-19(11-7-14)9-5-4-8-18-17(21)20-12-15(2)22-16(3)13-20/h14-16H,4-13H2,1-3H3,(H,18,21). The molecule has 0 aromatic heterocycles. The van der Waals surface area contributed by atoms with Crippen molar-refractivity contribution in [2.75, 3.05) is 39.3 Å². The minimum absolute atomic E-state index is 0.0637. The molecule has 0 aromatic carbocycles. The maximum absolute atomic E-state index is 12.1. The lowest BCUT2D eigenvalue weighted by atomic mass is 9.99. The summed E-state index contributed by atoms with van der Waals surface area (Å²) >= 11 is 0. The van der Waals surface area contributed by atoms with Crippen LogP contribution in [0.1, 0.15) is 46.5 Å². The average molecular weight is 311 g/mol. The van der Waals surface area contributed by atoms with Crippen molar-refractivity contribution in [3.63, 3.8) is 0 Å². The number of nitrogens with zero attached hydrogens (tertiary/aromatic N) is 2. The van der Waals surface area contributed by atoms with Gasteiger partial charge < -0.3 is 19.9 Å². The van der Waals surface area contributed by atoms with E-state index >= 15 is 0 Å². The predicted octanol–water partition coefficient (Wildman–Crippen LogP) is 2.32. The Morgan fingerprint density at radius 1 is 1.09 bits per heavy atom. The van der Waals surface area contributed by atoms with Gasteiger partial charge in [0.1, 0.15) is 0 Å². The van der Waals surface area contributed by atoms with Crippen LogP contribution in [-0.4, -0.2) is 67.3 Å². The van der Waals surface area contributed by atoms with Gasteiger partial charge in [-0.25, -0.2) is 4.79 Å². The summed E-state index contributed by atoms with van der Waals surface area (Å²) in [4.78, 5) is 16.6. The molecule has 0 aromatic rings. The van der Waals surface area contributed by atoms with Crippen molar-refractivity contribution >= 4 is 6.03 Å². The van der Waals surface area contributed by atoms with Crippen LogP contribution < -0.4 is 5.32 Å². The molecule has 0 bridgehead atoms. The van der Waals surface area contributed by atoms with Crippen LogP contribution in [-0.2, 0) is 4.74 Å². The van der Waals surface area contributed by atoms with Crippen LogP contribution in [0.2, 0.25) is 0 Å². The molecule has 2 rings (SSSR count). The summed E-state index contributed by atoms with van der Waals surface area (Å²) in [6.45, 7) is 12.2. The third-order valence-electron chi connectivity index (χ3n) is 4.76. The Kier molecular flexibility index (Phi) is 6.96. The first-order valence-corrected chi connectivity index (χ1v) is 8.95. The van der Waals surface area contributed by atoms with Gasteiger partial charge in [0.15, 0.2) is 0 Å². The second-order valence-electron chi connectivity index (χ2n) is 7.13. The molecule has 0 aliphatic carbocycles. The highest BCUT2D eigenvalue weighted by Gasteiger charge is 2.25. The Morgan fingerprint density at radius 2 is 1.73 bits per heavy atom. The Morgan fingerprint density at radius 3 is 2.36 bits per heavy atom. The largest absolute Gasteiger partial charge is 0.372 e. The highest BCUT2D eigenvalue weighted by atomic mass is 16.5. The van der Waals surface area contributed by atoms with Crippen LogP contribution in [0.15, 0.2) is 0 Å². The first-order chi connectivity index (χ1) is 10.5. The minimum Gasteiger partial charge on any atom is -0.372 e. The summed E-state index contributed by atoms with van der Waals surface area (Å²) in [5, 5.41) is 3.05. The molecule has 2 atom stereocenters. The van der Waals surface area contributed by atoms with Crippen LogP contribution in [0.3, 0.4) is 0 Å². The molecule has 128 valence electrons. The van der Waals surface area contributed by atoms with Crippen LogP contribution in [0.4, 0.5) is 4.79 Å². The topological polar surface area (TPSA) is 44.8 Å². The first kappa shape index (κ1) is 17.5. The molecule has 2 aliphatic rings. The lowest BCUT2D eigenvalue weighted by Gasteiger charge is -2.35. The fourth-order valence-corrected chi connectivity index (χ4v) is 3.40. The smallest absolute Gasteiger partial charge is 0.317 e. The van der Waals surface area contributed by atoms with E-state index in [1.807, 2.05) is 18.7 Å². The number of urea groups is 1. The zero-order chi connectivity index (χ0) is 15.9. The third kappa shape index (κ3) is 5.76. The van der Waals surface area contributed by atoms with Gasteiger partial charge in [-0.05, 0) is 65.1 Å². The summed E-state index contributed by atoms with van der Waals surface area (Å²) in [6.07, 6.45) is 5.18. The Balaban J connectivity index is 1.53. The monoisotopic (exact) mass is 311 g/mol. The number of ether oxygens (including phenoxy) is 1. The molecule has 5 heteroatoms. The molecule has 22 heavy (non-hydrogen) atoms. The zero-order valence-electron chi connectivity index (χ0n) is 14.5. The number of hydrogen-bond acceptors (Lipinski definition) is 3. The zero-order valence-corrected chi connectivity index (χ0v) is 14.5. The summed E-state index contributed by atoms with van der Waals surface area (Å²) in [5.41, 5.74) is 0. The van der Waals surface area contributed by atoms with Crippen LogP contribution >= 0.6 is 0 Å². The number of rotatable bonds is 5. The van der Waals surface area contributed by atoms with E-state index in [1.54, 1.807) is 0 Å². The van der Waals surface area contributed by atoms with Gasteiger partial charge in [-0.15, -0.1) is 0 Å². The van der Waals surface area contributed by atoms with E-state index in [1.165, 1.54) is 38.9 Å². The maximum atomic E-state index is 12.1. The van der Waals surface area contributed by atoms with Gasteiger partial charge in [-0.1, -0.05) is 6.92 Å². The summed E-state index contributed by atoms with van der Waals surface area (Å²) in [6, 6.07) is 0.0637. The maximum Gasteiger partial charge on any atom is 0.317 e. The number of unbranched alkanes of at least 4 members (excludes halogenated alkanes) is 1. The number of hydrogen-bond donors (Lipinski definition) is 1. The Labute approximate surface area is 135 Å². The quantitative estimate of drug-likeness (QED) is 0.793. The normalized spacial score (nSPS) is 27.9. The average Bonchev–Trinajstić information content (AvgIpc) is 2.47. The van der Waals surface area contributed by atoms with Crippen molar-refractivity contribution < 1.29 is 9.53 Å². The van der Waals surface area contributed by atoms with Crippen molar-refractivity contribution in [2.24, 2.45) is 5.92 Å². The molecular weight excluding hydrogens is 278 g/mol. The fourth-order valence-electron chi connectivity index (χ4n) is 3.40. The summed E-state index contributed by atoms with van der Waals surface area (Å²) < 4.78 is 5.66. The molecule has 0 radical (unpaired) electrons. The van der Waals surface area contributed by atoms with E-state index < -0.39 is 0 Å². The lowest BCUT2D eigenvalue weighted by molar-refractivity contribution is -0.0545. The van der Waals surface area contributed by atoms with Crippen LogP contribution in [0.25, 0.3) is 0 Å². The molecule has 2 unspecified atom stereocenters. The number of piperidine rings is 1. The van der Waals surface area contributed by atoms with Crippen molar-refractivity contribution in [3.8, 4) is 0 Å². The molecular formula is C17H33N3O2. The molecule has 2 aliphatic heterocycles. The van der Waals surface area contributed by atoms with Gasteiger partial charge in [0.2, 0.25) is 0 Å². The molecule has 0 saturated carbocycles. The van der Waals surface area contributed by atoms with Crippen molar-refractivity contribution in [3.05, 3.63) is 0 Å². The third-order valence-corrected chi connectivity index (χ3v) is 4.76. The highest BCUT2D eigenvalue weighted by Crippen LogP contribution is 2.16. The Bertz CT molecular complexity index is 333. The fraction of sp³-hybridized carbons (Fsp3) is 0.941. The number of carbonyl (C=O) groups excluding carboxylic acids is 1. The molecule has 5 nitrogen and oxygen atoms in total. The van der Waals surface area contributed by atoms with E-state index in [9.17, 15) is 4.79 Å². The van der Waals surface area contributed by atoms with Crippen molar-refractivity contribution in [1.82, 2.24) is 15.1 Å². The SMILES string of the molecule is CC1CCN(CCCCNC(=O)N2CC(C)OC(C)C2)CC1. The number of carbonyl (C=O) groups is 1. The second kappa shape index (κ2) is 8.73. The second-order valence-corrected chi connectivity index (χ2v) is 7.13. The summed E-state index contributed by atoms with van der Waals surface area (Å²) in [7, 11) is 0. The predicted molar refractivity (Wildman–Crippen MR) is 89.1 cm³/mol. The summed E-state index contributed by atoms with van der Waals surface area (Å²) in [5.74, 6) is 0.897. The van der Waals surface area contributed by atoms with E-state index in [-0.39, 0.29) is 18.2 Å². The minimum atomic E-state index is 0.0637. The van der Waals surface area contributed by atoms with Crippen molar-refractivity contribution in [2.45, 2.75) is 58.7 Å². The number of nitrogens with one attached hydrogen (secondary N) is 1. The van der Waals surface area contributed by atoms with Gasteiger partial charge in [0.05, 0.1) is 12.2 Å². The van der Waals surface area contributed by atoms with Crippen LogP contribution in [0.5, 0.6) is 0 Å². The van der Waals surface area contributed by atoms with E-state index in [4.69, 9.17) is 4.74 Å². The van der Waals surface area contributed by atoms with Gasteiger partial charge in [-0.3, -0.25) is 0 Å². The van der Waals surface area contributed by atoms with E-state index in [0.717, 1.165) is 18.9 Å². The van der Waals surface area contributed by atoms with E-state index in [2.05, 4.69) is 17.1 Å². The molecule has 1 N–H and O–H groups in total. The molecule has 2 heterocycles. The van der Waals surface area contributed by atoms with Crippen LogP contribution in [0, 0.1) is 5.92 Å². The van der Waals surface area contributed by atoms with Gasteiger partial charge >= 0.3 is 6.03 Å². The van der Waals surface area contributed by atoms with Gasteiger partial charge in [0.25, 0.3) is 0 Å². The number of morpholine rings is 1. The lowest BCUT2D eigenvalue weighted by Crippen LogP contribution is -2.51. The highest BCUT2D eigenvalue weighted by molar-refractivity contribution is 5.74. The first-order valence-electron chi connectivity index (χ1n) is 8.95. The molecule has 0 spiro atoms. The molecule has 2 fully saturated rings.